The number of hydrogen-bond donors (Lipinski definition) is 2. The van der Waals surface area contributed by atoms with Gasteiger partial charge in [0, 0.05) is 3.57 Å². The van der Waals surface area contributed by atoms with Gasteiger partial charge in [-0.3, -0.25) is 4.79 Å². The van der Waals surface area contributed by atoms with E-state index in [1.165, 1.54) is 0 Å². The van der Waals surface area contributed by atoms with Crippen LogP contribution in [0, 0.1) is 9.49 Å². The normalized spacial score (nSPS) is 12.1. The molecule has 1 aromatic rings. The van der Waals surface area contributed by atoms with Crippen LogP contribution in [-0.2, 0) is 4.79 Å². The van der Waals surface area contributed by atoms with E-state index in [4.69, 9.17) is 9.84 Å². The van der Waals surface area contributed by atoms with Gasteiger partial charge < -0.3 is 15.2 Å². The van der Waals surface area contributed by atoms with Crippen molar-refractivity contribution in [3.05, 3.63) is 27.3 Å². The zero-order valence-electron chi connectivity index (χ0n) is 11.6. The molecule has 2 N–H and O–H groups in total. The predicted molar refractivity (Wildman–Crippen MR) is 84.1 cm³/mol. The van der Waals surface area contributed by atoms with Crippen LogP contribution < -0.4 is 10.1 Å². The number of carbonyl (C=O) groups is 2. The highest BCUT2D eigenvalue weighted by atomic mass is 127. The van der Waals surface area contributed by atoms with Crippen LogP contribution in [0.1, 0.15) is 30.6 Å². The Balaban J connectivity index is 2.86. The summed E-state index contributed by atoms with van der Waals surface area (Å²) in [6, 6.07) is 4.16. The van der Waals surface area contributed by atoms with Crippen molar-refractivity contribution < 1.29 is 19.4 Å². The van der Waals surface area contributed by atoms with Crippen LogP contribution >= 0.6 is 22.6 Å². The summed E-state index contributed by atoms with van der Waals surface area (Å²) in [5.41, 5.74) is 0.446. The van der Waals surface area contributed by atoms with E-state index in [2.05, 4.69) is 5.32 Å². The highest BCUT2D eigenvalue weighted by Gasteiger charge is 2.22. The average molecular weight is 391 g/mol. The van der Waals surface area contributed by atoms with Gasteiger partial charge in [-0.1, -0.05) is 13.8 Å². The van der Waals surface area contributed by atoms with Crippen molar-refractivity contribution in [3.63, 3.8) is 0 Å². The minimum absolute atomic E-state index is 0.186. The van der Waals surface area contributed by atoms with Crippen LogP contribution in [0.3, 0.4) is 0 Å². The maximum absolute atomic E-state index is 12.1. The van der Waals surface area contributed by atoms with E-state index in [1.54, 1.807) is 25.3 Å². The van der Waals surface area contributed by atoms with E-state index >= 15 is 0 Å². The van der Waals surface area contributed by atoms with Crippen molar-refractivity contribution in [1.29, 1.82) is 0 Å². The number of carboxylic acids is 1. The van der Waals surface area contributed by atoms with Gasteiger partial charge in [0.25, 0.3) is 5.91 Å². The fourth-order valence-corrected chi connectivity index (χ4v) is 2.47. The molecule has 0 saturated heterocycles. The molecule has 0 saturated carbocycles. The van der Waals surface area contributed by atoms with Gasteiger partial charge in [0.2, 0.25) is 0 Å². The molecule has 0 unspecified atom stereocenters. The molecule has 110 valence electrons. The van der Waals surface area contributed by atoms with Crippen LogP contribution in [-0.4, -0.2) is 30.1 Å². The quantitative estimate of drug-likeness (QED) is 0.731. The first-order valence-electron chi connectivity index (χ1n) is 6.22. The van der Waals surface area contributed by atoms with E-state index in [0.717, 1.165) is 0 Å². The van der Waals surface area contributed by atoms with Gasteiger partial charge in [-0.2, -0.15) is 0 Å². The van der Waals surface area contributed by atoms with Crippen molar-refractivity contribution in [2.24, 2.45) is 5.92 Å². The number of hydrogen-bond acceptors (Lipinski definition) is 3. The molecule has 5 nitrogen and oxygen atoms in total. The van der Waals surface area contributed by atoms with Gasteiger partial charge in [-0.05, 0) is 53.1 Å². The Morgan fingerprint density at radius 2 is 2.05 bits per heavy atom. The summed E-state index contributed by atoms with van der Waals surface area (Å²) in [4.78, 5) is 23.3. The summed E-state index contributed by atoms with van der Waals surface area (Å²) in [6.45, 7) is 3.83. The van der Waals surface area contributed by atoms with Gasteiger partial charge in [-0.15, -0.1) is 0 Å². The molecule has 1 amide bonds. The lowest BCUT2D eigenvalue weighted by molar-refractivity contribution is -0.139. The van der Waals surface area contributed by atoms with Crippen LogP contribution in [0.25, 0.3) is 0 Å². The van der Waals surface area contributed by atoms with Gasteiger partial charge in [0.05, 0.1) is 12.7 Å². The van der Waals surface area contributed by atoms with Gasteiger partial charge in [0.15, 0.2) is 0 Å². The first-order chi connectivity index (χ1) is 9.35. The molecule has 1 rings (SSSR count). The molecule has 0 radical (unpaired) electrons. The largest absolute Gasteiger partial charge is 0.497 e. The third kappa shape index (κ3) is 4.66. The number of ether oxygens (including phenoxy) is 1. The smallest absolute Gasteiger partial charge is 0.326 e. The second-order valence-corrected chi connectivity index (χ2v) is 6.00. The molecule has 0 aliphatic carbocycles. The maximum atomic E-state index is 12.1. The fourth-order valence-electron chi connectivity index (χ4n) is 1.74. The first-order valence-corrected chi connectivity index (χ1v) is 7.30. The van der Waals surface area contributed by atoms with Crippen LogP contribution in [0.4, 0.5) is 0 Å². The summed E-state index contributed by atoms with van der Waals surface area (Å²) in [6.07, 6.45) is 0.397. The SMILES string of the molecule is COc1ccc(C(=O)N[C@H](CC(C)C)C(=O)O)c(I)c1. The minimum atomic E-state index is -1.02. The van der Waals surface area contributed by atoms with E-state index in [-0.39, 0.29) is 11.8 Å². The number of aliphatic carboxylic acids is 1. The zero-order valence-corrected chi connectivity index (χ0v) is 13.8. The highest BCUT2D eigenvalue weighted by molar-refractivity contribution is 14.1. The monoisotopic (exact) mass is 391 g/mol. The molecule has 1 aromatic carbocycles. The number of benzene rings is 1. The molecular weight excluding hydrogens is 373 g/mol. The molecule has 6 heteroatoms. The van der Waals surface area contributed by atoms with E-state index in [9.17, 15) is 9.59 Å². The van der Waals surface area contributed by atoms with Gasteiger partial charge in [-0.25, -0.2) is 4.79 Å². The molecule has 0 bridgehead atoms. The molecule has 0 heterocycles. The number of halogens is 1. The van der Waals surface area contributed by atoms with E-state index in [0.29, 0.717) is 21.3 Å². The fraction of sp³-hybridized carbons (Fsp3) is 0.429. The van der Waals surface area contributed by atoms with Crippen LogP contribution in [0.15, 0.2) is 18.2 Å². The van der Waals surface area contributed by atoms with E-state index < -0.39 is 12.0 Å². The molecule has 1 atom stereocenters. The highest BCUT2D eigenvalue weighted by Crippen LogP contribution is 2.19. The summed E-state index contributed by atoms with van der Waals surface area (Å²) in [7, 11) is 1.55. The number of carbonyl (C=O) groups excluding carboxylic acids is 1. The molecule has 0 fully saturated rings. The Bertz CT molecular complexity index is 502. The maximum Gasteiger partial charge on any atom is 0.326 e. The van der Waals surface area contributed by atoms with Gasteiger partial charge in [0.1, 0.15) is 11.8 Å². The molecule has 0 aliphatic rings. The third-order valence-corrected chi connectivity index (χ3v) is 3.62. The number of nitrogens with one attached hydrogen (secondary N) is 1. The zero-order chi connectivity index (χ0) is 15.3. The Morgan fingerprint density at radius 1 is 1.40 bits per heavy atom. The Hall–Kier alpha value is -1.31. The van der Waals surface area contributed by atoms with Crippen LogP contribution in [0.5, 0.6) is 5.75 Å². The Kier molecular flexibility index (Phi) is 6.25. The number of rotatable bonds is 6. The lowest BCUT2D eigenvalue weighted by atomic mass is 10.0. The molecular formula is C14H18INO4. The molecule has 0 aromatic heterocycles. The standard InChI is InChI=1S/C14H18INO4/c1-8(2)6-12(14(18)19)16-13(17)10-5-4-9(20-3)7-11(10)15/h4-5,7-8,12H,6H2,1-3H3,(H,16,17)(H,18,19)/t12-/m1/s1. The number of carboxylic acid groups (broad SMARTS) is 1. The third-order valence-electron chi connectivity index (χ3n) is 2.73. The summed E-state index contributed by atoms with van der Waals surface area (Å²) in [5, 5.41) is 11.7. The molecule has 20 heavy (non-hydrogen) atoms. The molecule has 0 spiro atoms. The Labute approximate surface area is 131 Å². The predicted octanol–water partition coefficient (Wildman–Crippen LogP) is 2.53. The second kappa shape index (κ2) is 7.47. The topological polar surface area (TPSA) is 75.6 Å². The summed E-state index contributed by atoms with van der Waals surface area (Å²) < 4.78 is 5.79. The lowest BCUT2D eigenvalue weighted by Crippen LogP contribution is -2.41. The summed E-state index contributed by atoms with van der Waals surface area (Å²) >= 11 is 2.03. The van der Waals surface area contributed by atoms with Crippen molar-refractivity contribution in [2.45, 2.75) is 26.3 Å². The van der Waals surface area contributed by atoms with Crippen molar-refractivity contribution in [1.82, 2.24) is 5.32 Å². The van der Waals surface area contributed by atoms with Crippen molar-refractivity contribution >= 4 is 34.5 Å². The minimum Gasteiger partial charge on any atom is -0.497 e. The van der Waals surface area contributed by atoms with Crippen LogP contribution in [0.2, 0.25) is 0 Å². The molecule has 0 aliphatic heterocycles. The number of methoxy groups -OCH3 is 1. The first kappa shape index (κ1) is 16.7. The Morgan fingerprint density at radius 3 is 2.50 bits per heavy atom. The van der Waals surface area contributed by atoms with Crippen molar-refractivity contribution in [3.8, 4) is 5.75 Å². The van der Waals surface area contributed by atoms with Crippen molar-refractivity contribution in [2.75, 3.05) is 7.11 Å². The summed E-state index contributed by atoms with van der Waals surface area (Å²) in [5.74, 6) is -0.560. The number of amides is 1. The van der Waals surface area contributed by atoms with Gasteiger partial charge >= 0.3 is 5.97 Å². The lowest BCUT2D eigenvalue weighted by Gasteiger charge is -2.17. The second-order valence-electron chi connectivity index (χ2n) is 4.84. The van der Waals surface area contributed by atoms with E-state index in [1.807, 2.05) is 36.4 Å². The average Bonchev–Trinajstić information content (AvgIpc) is 2.36.